The summed E-state index contributed by atoms with van der Waals surface area (Å²) in [5.41, 5.74) is 8.51. The molecule has 1 aromatic heterocycles. The fourth-order valence-corrected chi connectivity index (χ4v) is 2.19. The number of pyridine rings is 1. The van der Waals surface area contributed by atoms with Crippen LogP contribution in [-0.2, 0) is 0 Å². The van der Waals surface area contributed by atoms with E-state index in [1.54, 1.807) is 18.3 Å². The summed E-state index contributed by atoms with van der Waals surface area (Å²) >= 11 is 0. The highest BCUT2D eigenvalue weighted by atomic mass is 16.5. The number of amidine groups is 1. The highest BCUT2D eigenvalue weighted by molar-refractivity contribution is 5.99. The van der Waals surface area contributed by atoms with Crippen LogP contribution in [0.3, 0.4) is 0 Å². The maximum absolute atomic E-state index is 8.80. The van der Waals surface area contributed by atoms with Gasteiger partial charge in [-0.3, -0.25) is 0 Å². The van der Waals surface area contributed by atoms with Crippen LogP contribution in [0, 0.1) is 6.92 Å². The molecule has 0 amide bonds. The van der Waals surface area contributed by atoms with Gasteiger partial charge in [-0.15, -0.1) is 0 Å². The van der Waals surface area contributed by atoms with Gasteiger partial charge in [0.25, 0.3) is 0 Å². The first kappa shape index (κ1) is 14.8. The number of aromatic nitrogens is 1. The minimum absolute atomic E-state index is 0.0337. The smallest absolute Gasteiger partial charge is 0.230 e. The molecule has 0 fully saturated rings. The maximum Gasteiger partial charge on any atom is 0.230 e. The van der Waals surface area contributed by atoms with Gasteiger partial charge in [-0.2, -0.15) is 0 Å². The second kappa shape index (κ2) is 6.26. The van der Waals surface area contributed by atoms with Gasteiger partial charge in [0.2, 0.25) is 5.88 Å². The monoisotopic (exact) mass is 285 g/mol. The van der Waals surface area contributed by atoms with E-state index < -0.39 is 0 Å². The molecular weight excluding hydrogens is 266 g/mol. The van der Waals surface area contributed by atoms with E-state index in [0.29, 0.717) is 23.1 Å². The molecule has 0 saturated carbocycles. The van der Waals surface area contributed by atoms with E-state index in [1.807, 2.05) is 25.1 Å². The van der Waals surface area contributed by atoms with Gasteiger partial charge in [0.15, 0.2) is 5.84 Å². The third-order valence-corrected chi connectivity index (χ3v) is 3.23. The lowest BCUT2D eigenvalue weighted by atomic mass is 9.98. The molecule has 2 aromatic rings. The molecule has 21 heavy (non-hydrogen) atoms. The molecule has 1 heterocycles. The molecule has 0 aliphatic carbocycles. The Morgan fingerprint density at radius 1 is 1.33 bits per heavy atom. The van der Waals surface area contributed by atoms with Crippen molar-refractivity contribution in [3.63, 3.8) is 0 Å². The molecular formula is C16H19N3O2. The molecule has 5 heteroatoms. The second-order valence-corrected chi connectivity index (χ2v) is 5.12. The predicted molar refractivity (Wildman–Crippen MR) is 82.1 cm³/mol. The minimum Gasteiger partial charge on any atom is -0.438 e. The summed E-state index contributed by atoms with van der Waals surface area (Å²) in [5.74, 6) is 1.40. The lowest BCUT2D eigenvalue weighted by Crippen LogP contribution is -2.14. The number of aryl methyl sites for hydroxylation is 1. The van der Waals surface area contributed by atoms with Crippen LogP contribution in [0.2, 0.25) is 0 Å². The second-order valence-electron chi connectivity index (χ2n) is 5.12. The van der Waals surface area contributed by atoms with E-state index in [-0.39, 0.29) is 5.84 Å². The Balaban J connectivity index is 2.33. The molecule has 5 nitrogen and oxygen atoms in total. The fraction of sp³-hybridized carbons (Fsp3) is 0.250. The van der Waals surface area contributed by atoms with Crippen LogP contribution < -0.4 is 10.5 Å². The standard InChI is InChI=1S/C16H19N3O2/c1-10(2)13-7-6-12(9-11(13)3)21-16-14(15(17)19-20)5-4-8-18-16/h4-10,20H,1-3H3,(H2,17,19). The average molecular weight is 285 g/mol. The van der Waals surface area contributed by atoms with Crippen molar-refractivity contribution >= 4 is 5.84 Å². The Labute approximate surface area is 124 Å². The summed E-state index contributed by atoms with van der Waals surface area (Å²) in [6.07, 6.45) is 1.60. The highest BCUT2D eigenvalue weighted by Crippen LogP contribution is 2.27. The summed E-state index contributed by atoms with van der Waals surface area (Å²) in [7, 11) is 0. The molecule has 0 atom stereocenters. The van der Waals surface area contributed by atoms with Crippen LogP contribution in [0.1, 0.15) is 36.5 Å². The van der Waals surface area contributed by atoms with Crippen molar-refractivity contribution in [1.29, 1.82) is 0 Å². The van der Waals surface area contributed by atoms with Gasteiger partial charge in [0.1, 0.15) is 5.75 Å². The van der Waals surface area contributed by atoms with Crippen molar-refractivity contribution in [1.82, 2.24) is 4.98 Å². The first-order chi connectivity index (χ1) is 10.0. The summed E-state index contributed by atoms with van der Waals surface area (Å²) in [6, 6.07) is 9.29. The molecule has 0 unspecified atom stereocenters. The quantitative estimate of drug-likeness (QED) is 0.390. The SMILES string of the molecule is Cc1cc(Oc2ncccc2/C(N)=N/O)ccc1C(C)C. The van der Waals surface area contributed by atoms with E-state index in [2.05, 4.69) is 24.0 Å². The molecule has 0 saturated heterocycles. The average Bonchev–Trinajstić information content (AvgIpc) is 2.46. The maximum atomic E-state index is 8.80. The number of hydrogen-bond acceptors (Lipinski definition) is 4. The molecule has 0 radical (unpaired) electrons. The van der Waals surface area contributed by atoms with Crippen LogP contribution in [-0.4, -0.2) is 16.0 Å². The zero-order valence-corrected chi connectivity index (χ0v) is 12.4. The zero-order chi connectivity index (χ0) is 15.4. The molecule has 0 bridgehead atoms. The van der Waals surface area contributed by atoms with E-state index in [4.69, 9.17) is 15.7 Å². The first-order valence-corrected chi connectivity index (χ1v) is 6.74. The lowest BCUT2D eigenvalue weighted by Gasteiger charge is -2.13. The number of ether oxygens (including phenoxy) is 1. The van der Waals surface area contributed by atoms with Crippen LogP contribution in [0.4, 0.5) is 0 Å². The highest BCUT2D eigenvalue weighted by Gasteiger charge is 2.11. The number of hydrogen-bond donors (Lipinski definition) is 2. The van der Waals surface area contributed by atoms with Crippen molar-refractivity contribution in [3.8, 4) is 11.6 Å². The van der Waals surface area contributed by atoms with Crippen molar-refractivity contribution in [2.24, 2.45) is 10.9 Å². The van der Waals surface area contributed by atoms with E-state index in [9.17, 15) is 0 Å². The number of rotatable bonds is 4. The molecule has 2 rings (SSSR count). The predicted octanol–water partition coefficient (Wildman–Crippen LogP) is 3.40. The first-order valence-electron chi connectivity index (χ1n) is 6.74. The Morgan fingerprint density at radius 2 is 2.10 bits per heavy atom. The van der Waals surface area contributed by atoms with Crippen LogP contribution >= 0.6 is 0 Å². The number of nitrogens with zero attached hydrogens (tertiary/aromatic N) is 2. The molecule has 0 aliphatic heterocycles. The summed E-state index contributed by atoms with van der Waals surface area (Å²) in [6.45, 7) is 6.35. The molecule has 3 N–H and O–H groups in total. The van der Waals surface area contributed by atoms with Gasteiger partial charge in [-0.25, -0.2) is 4.98 Å². The van der Waals surface area contributed by atoms with Crippen molar-refractivity contribution < 1.29 is 9.94 Å². The summed E-state index contributed by atoms with van der Waals surface area (Å²) < 4.78 is 5.76. The topological polar surface area (TPSA) is 80.7 Å². The van der Waals surface area contributed by atoms with E-state index in [0.717, 1.165) is 5.56 Å². The third-order valence-electron chi connectivity index (χ3n) is 3.23. The largest absolute Gasteiger partial charge is 0.438 e. The Kier molecular flexibility index (Phi) is 4.42. The number of benzene rings is 1. The van der Waals surface area contributed by atoms with E-state index >= 15 is 0 Å². The number of oxime groups is 1. The Bertz CT molecular complexity index is 666. The van der Waals surface area contributed by atoms with Crippen molar-refractivity contribution in [2.45, 2.75) is 26.7 Å². The van der Waals surface area contributed by atoms with Gasteiger partial charge in [0.05, 0.1) is 5.56 Å². The fourth-order valence-electron chi connectivity index (χ4n) is 2.19. The minimum atomic E-state index is -0.0337. The van der Waals surface area contributed by atoms with Gasteiger partial charge < -0.3 is 15.7 Å². The normalized spacial score (nSPS) is 11.7. The van der Waals surface area contributed by atoms with Crippen LogP contribution in [0.5, 0.6) is 11.6 Å². The van der Waals surface area contributed by atoms with Crippen molar-refractivity contribution in [3.05, 3.63) is 53.2 Å². The lowest BCUT2D eigenvalue weighted by molar-refractivity contribution is 0.318. The Hall–Kier alpha value is -2.56. The summed E-state index contributed by atoms with van der Waals surface area (Å²) in [5, 5.41) is 11.8. The summed E-state index contributed by atoms with van der Waals surface area (Å²) in [4.78, 5) is 4.14. The van der Waals surface area contributed by atoms with Gasteiger partial charge >= 0.3 is 0 Å². The Morgan fingerprint density at radius 3 is 2.71 bits per heavy atom. The zero-order valence-electron chi connectivity index (χ0n) is 12.4. The van der Waals surface area contributed by atoms with Gasteiger partial charge in [-0.05, 0) is 48.2 Å². The van der Waals surface area contributed by atoms with Crippen LogP contribution in [0.15, 0.2) is 41.7 Å². The van der Waals surface area contributed by atoms with Gasteiger partial charge in [-0.1, -0.05) is 25.1 Å². The molecule has 110 valence electrons. The molecule has 1 aromatic carbocycles. The third kappa shape index (κ3) is 3.31. The molecule has 0 aliphatic rings. The molecule has 0 spiro atoms. The number of nitrogens with two attached hydrogens (primary N) is 1. The van der Waals surface area contributed by atoms with Crippen molar-refractivity contribution in [2.75, 3.05) is 0 Å². The van der Waals surface area contributed by atoms with Crippen LogP contribution in [0.25, 0.3) is 0 Å². The van der Waals surface area contributed by atoms with E-state index in [1.165, 1.54) is 5.56 Å². The van der Waals surface area contributed by atoms with Gasteiger partial charge in [0, 0.05) is 6.20 Å².